The third-order valence-electron chi connectivity index (χ3n) is 4.06. The second-order valence-electron chi connectivity index (χ2n) is 6.00. The van der Waals surface area contributed by atoms with Crippen LogP contribution in [0.3, 0.4) is 0 Å². The number of esters is 1. The Labute approximate surface area is 169 Å². The Morgan fingerprint density at radius 2 is 1.52 bits per heavy atom. The van der Waals surface area contributed by atoms with Crippen LogP contribution in [0.1, 0.15) is 27.6 Å². The van der Waals surface area contributed by atoms with E-state index in [9.17, 15) is 9.59 Å². The summed E-state index contributed by atoms with van der Waals surface area (Å²) in [7, 11) is 1.55. The summed E-state index contributed by atoms with van der Waals surface area (Å²) in [5.74, 6) is 0.589. The first-order valence-corrected chi connectivity index (χ1v) is 9.10. The maximum absolute atomic E-state index is 12.6. The van der Waals surface area contributed by atoms with E-state index in [1.54, 1.807) is 62.6 Å². The van der Waals surface area contributed by atoms with Crippen molar-refractivity contribution in [3.63, 3.8) is 0 Å². The molecule has 0 radical (unpaired) electrons. The molecule has 0 aliphatic rings. The Hall–Kier alpha value is -3.80. The van der Waals surface area contributed by atoms with Gasteiger partial charge in [0.25, 0.3) is 5.91 Å². The molecule has 3 aromatic rings. The summed E-state index contributed by atoms with van der Waals surface area (Å²) in [5.41, 5.74) is 1.13. The van der Waals surface area contributed by atoms with E-state index in [-0.39, 0.29) is 12.5 Å². The normalized spacial score (nSPS) is 10.1. The van der Waals surface area contributed by atoms with Gasteiger partial charge >= 0.3 is 5.97 Å². The van der Waals surface area contributed by atoms with Crippen LogP contribution in [0.4, 0.5) is 5.69 Å². The molecular weight excluding hydrogens is 370 g/mol. The monoisotopic (exact) mass is 391 g/mol. The standard InChI is InChI=1S/C23H21NO5/c1-3-28-23(26)17-13-14-19(29-21-12-8-7-11-20(21)27-2)18(15-17)24-22(25)16-9-5-4-6-10-16/h4-15H,3H2,1-2H3,(H,24,25). The topological polar surface area (TPSA) is 73.9 Å². The smallest absolute Gasteiger partial charge is 0.338 e. The molecule has 1 amide bonds. The molecule has 0 bridgehead atoms. The Balaban J connectivity index is 1.96. The summed E-state index contributed by atoms with van der Waals surface area (Å²) in [6.07, 6.45) is 0. The third kappa shape index (κ3) is 4.93. The number of methoxy groups -OCH3 is 1. The third-order valence-corrected chi connectivity index (χ3v) is 4.06. The fraction of sp³-hybridized carbons (Fsp3) is 0.130. The van der Waals surface area contributed by atoms with Crippen molar-refractivity contribution in [3.05, 3.63) is 83.9 Å². The minimum absolute atomic E-state index is 0.254. The van der Waals surface area contributed by atoms with Crippen LogP contribution in [-0.4, -0.2) is 25.6 Å². The van der Waals surface area contributed by atoms with Gasteiger partial charge in [0, 0.05) is 5.56 Å². The van der Waals surface area contributed by atoms with Crippen molar-refractivity contribution in [1.82, 2.24) is 0 Å². The number of para-hydroxylation sites is 2. The molecule has 0 heterocycles. The minimum atomic E-state index is -0.480. The van der Waals surface area contributed by atoms with Gasteiger partial charge in [-0.25, -0.2) is 4.79 Å². The molecule has 0 aliphatic carbocycles. The zero-order chi connectivity index (χ0) is 20.6. The van der Waals surface area contributed by atoms with E-state index in [0.717, 1.165) is 0 Å². The number of rotatable bonds is 7. The first kappa shape index (κ1) is 19.9. The van der Waals surface area contributed by atoms with E-state index in [0.29, 0.717) is 34.1 Å². The molecule has 0 saturated carbocycles. The second-order valence-corrected chi connectivity index (χ2v) is 6.00. The zero-order valence-electron chi connectivity index (χ0n) is 16.2. The summed E-state index contributed by atoms with van der Waals surface area (Å²) in [4.78, 5) is 24.8. The van der Waals surface area contributed by atoms with Gasteiger partial charge in [-0.2, -0.15) is 0 Å². The molecule has 1 N–H and O–H groups in total. The minimum Gasteiger partial charge on any atom is -0.493 e. The molecule has 0 unspecified atom stereocenters. The molecule has 0 atom stereocenters. The van der Waals surface area contributed by atoms with Gasteiger partial charge in [0.1, 0.15) is 0 Å². The number of hydrogen-bond acceptors (Lipinski definition) is 5. The van der Waals surface area contributed by atoms with E-state index in [4.69, 9.17) is 14.2 Å². The first-order chi connectivity index (χ1) is 14.1. The molecular formula is C23H21NO5. The summed E-state index contributed by atoms with van der Waals surface area (Å²) in [6, 6.07) is 20.7. The maximum atomic E-state index is 12.6. The molecule has 0 fully saturated rings. The lowest BCUT2D eigenvalue weighted by Crippen LogP contribution is -2.13. The highest BCUT2D eigenvalue weighted by Crippen LogP contribution is 2.35. The van der Waals surface area contributed by atoms with Crippen molar-refractivity contribution in [3.8, 4) is 17.2 Å². The van der Waals surface area contributed by atoms with Crippen LogP contribution in [-0.2, 0) is 4.74 Å². The van der Waals surface area contributed by atoms with Gasteiger partial charge in [-0.15, -0.1) is 0 Å². The lowest BCUT2D eigenvalue weighted by Gasteiger charge is -2.15. The number of nitrogens with one attached hydrogen (secondary N) is 1. The van der Waals surface area contributed by atoms with E-state index in [2.05, 4.69) is 5.32 Å². The zero-order valence-corrected chi connectivity index (χ0v) is 16.2. The van der Waals surface area contributed by atoms with Crippen LogP contribution < -0.4 is 14.8 Å². The van der Waals surface area contributed by atoms with Crippen molar-refractivity contribution >= 4 is 17.6 Å². The number of carbonyl (C=O) groups is 2. The predicted octanol–water partition coefficient (Wildman–Crippen LogP) is 4.92. The Bertz CT molecular complexity index is 1000. The number of ether oxygens (including phenoxy) is 3. The highest BCUT2D eigenvalue weighted by molar-refractivity contribution is 6.05. The van der Waals surface area contributed by atoms with Crippen LogP contribution in [0.15, 0.2) is 72.8 Å². The molecule has 0 aromatic heterocycles. The first-order valence-electron chi connectivity index (χ1n) is 9.10. The average molecular weight is 391 g/mol. The number of amides is 1. The molecule has 3 rings (SSSR count). The quantitative estimate of drug-likeness (QED) is 0.579. The fourth-order valence-corrected chi connectivity index (χ4v) is 2.66. The number of anilines is 1. The predicted molar refractivity (Wildman–Crippen MR) is 110 cm³/mol. The summed E-state index contributed by atoms with van der Waals surface area (Å²) in [5, 5.41) is 2.81. The van der Waals surface area contributed by atoms with Crippen molar-refractivity contribution in [1.29, 1.82) is 0 Å². The summed E-state index contributed by atoms with van der Waals surface area (Å²) in [6.45, 7) is 1.99. The molecule has 148 valence electrons. The second kappa shape index (κ2) is 9.41. The van der Waals surface area contributed by atoms with E-state index in [1.165, 1.54) is 6.07 Å². The number of benzene rings is 3. The Kier molecular flexibility index (Phi) is 6.47. The van der Waals surface area contributed by atoms with Gasteiger partial charge in [0.05, 0.1) is 25.0 Å². The van der Waals surface area contributed by atoms with E-state index < -0.39 is 5.97 Å². The van der Waals surface area contributed by atoms with E-state index in [1.807, 2.05) is 18.2 Å². The largest absolute Gasteiger partial charge is 0.493 e. The number of hydrogen-bond donors (Lipinski definition) is 1. The van der Waals surface area contributed by atoms with Crippen molar-refractivity contribution in [2.75, 3.05) is 19.0 Å². The van der Waals surface area contributed by atoms with Gasteiger partial charge in [-0.3, -0.25) is 4.79 Å². The SMILES string of the molecule is CCOC(=O)c1ccc(Oc2ccccc2OC)c(NC(=O)c2ccccc2)c1. The van der Waals surface area contributed by atoms with Crippen LogP contribution >= 0.6 is 0 Å². The van der Waals surface area contributed by atoms with Gasteiger partial charge in [-0.1, -0.05) is 30.3 Å². The van der Waals surface area contributed by atoms with Crippen LogP contribution in [0.2, 0.25) is 0 Å². The summed E-state index contributed by atoms with van der Waals surface area (Å²) >= 11 is 0. The van der Waals surface area contributed by atoms with Crippen LogP contribution in [0, 0.1) is 0 Å². The van der Waals surface area contributed by atoms with Gasteiger partial charge < -0.3 is 19.5 Å². The van der Waals surface area contributed by atoms with Gasteiger partial charge in [0.2, 0.25) is 0 Å². The molecule has 0 spiro atoms. The summed E-state index contributed by atoms with van der Waals surface area (Å²) < 4.78 is 16.3. The highest BCUT2D eigenvalue weighted by atomic mass is 16.5. The highest BCUT2D eigenvalue weighted by Gasteiger charge is 2.16. The van der Waals surface area contributed by atoms with Gasteiger partial charge in [0.15, 0.2) is 17.2 Å². The molecule has 3 aromatic carbocycles. The van der Waals surface area contributed by atoms with Gasteiger partial charge in [-0.05, 0) is 49.4 Å². The molecule has 0 saturated heterocycles. The van der Waals surface area contributed by atoms with Crippen molar-refractivity contribution in [2.24, 2.45) is 0 Å². The van der Waals surface area contributed by atoms with Crippen LogP contribution in [0.5, 0.6) is 17.2 Å². The molecule has 0 aliphatic heterocycles. The van der Waals surface area contributed by atoms with Crippen molar-refractivity contribution < 1.29 is 23.8 Å². The Morgan fingerprint density at radius 1 is 0.828 bits per heavy atom. The van der Waals surface area contributed by atoms with Crippen LogP contribution in [0.25, 0.3) is 0 Å². The molecule has 6 heteroatoms. The maximum Gasteiger partial charge on any atom is 0.338 e. The molecule has 6 nitrogen and oxygen atoms in total. The van der Waals surface area contributed by atoms with E-state index >= 15 is 0 Å². The van der Waals surface area contributed by atoms with Crippen molar-refractivity contribution in [2.45, 2.75) is 6.92 Å². The number of carbonyl (C=O) groups excluding carboxylic acids is 2. The molecule has 29 heavy (non-hydrogen) atoms. The average Bonchev–Trinajstić information content (AvgIpc) is 2.76. The fourth-order valence-electron chi connectivity index (χ4n) is 2.66. The Morgan fingerprint density at radius 3 is 2.21 bits per heavy atom. The lowest BCUT2D eigenvalue weighted by atomic mass is 10.1. The lowest BCUT2D eigenvalue weighted by molar-refractivity contribution is 0.0526.